The van der Waals surface area contributed by atoms with Crippen molar-refractivity contribution in [1.82, 2.24) is 0 Å². The number of aromatic hydroxyl groups is 2. The second-order valence-electron chi connectivity index (χ2n) is 3.99. The van der Waals surface area contributed by atoms with E-state index < -0.39 is 0 Å². The Morgan fingerprint density at radius 1 is 1.15 bits per heavy atom. The van der Waals surface area contributed by atoms with Crippen molar-refractivity contribution in [2.24, 2.45) is 0 Å². The second-order valence-corrected chi connectivity index (χ2v) is 5.48. The van der Waals surface area contributed by atoms with Gasteiger partial charge >= 0.3 is 0 Å². The Kier molecular flexibility index (Phi) is 4.76. The molecule has 2 aromatic carbocycles. The molecule has 0 aliphatic carbocycles. The predicted molar refractivity (Wildman–Crippen MR) is 80.6 cm³/mol. The number of phenols is 2. The molecule has 0 unspecified atom stereocenters. The van der Waals surface area contributed by atoms with Crippen molar-refractivity contribution in [2.75, 3.05) is 11.1 Å². The van der Waals surface area contributed by atoms with E-state index in [4.69, 9.17) is 16.7 Å². The van der Waals surface area contributed by atoms with E-state index >= 15 is 0 Å². The van der Waals surface area contributed by atoms with Crippen molar-refractivity contribution in [3.8, 4) is 11.5 Å². The Bertz CT molecular complexity index is 616. The van der Waals surface area contributed by atoms with E-state index in [0.29, 0.717) is 5.02 Å². The minimum absolute atomic E-state index is 0.0302. The molecule has 3 N–H and O–H groups in total. The monoisotopic (exact) mass is 309 g/mol. The van der Waals surface area contributed by atoms with Crippen molar-refractivity contribution in [1.29, 1.82) is 0 Å². The van der Waals surface area contributed by atoms with Gasteiger partial charge in [-0.1, -0.05) is 11.6 Å². The maximum atomic E-state index is 11.8. The standard InChI is InChI=1S/C14H12ClNO3S/c15-9-1-6-13(18)12(7-9)16-14(19)8-20-11-4-2-10(17)3-5-11/h1-7,17-18H,8H2,(H,16,19). The van der Waals surface area contributed by atoms with Crippen LogP contribution in [0.1, 0.15) is 0 Å². The number of hydrogen-bond donors (Lipinski definition) is 3. The summed E-state index contributed by atoms with van der Waals surface area (Å²) in [6, 6.07) is 11.0. The topological polar surface area (TPSA) is 69.6 Å². The first-order valence-corrected chi connectivity index (χ1v) is 7.11. The smallest absolute Gasteiger partial charge is 0.234 e. The number of rotatable bonds is 4. The van der Waals surface area contributed by atoms with Crippen LogP contribution in [-0.4, -0.2) is 21.9 Å². The SMILES string of the molecule is O=C(CSc1ccc(O)cc1)Nc1cc(Cl)ccc1O. The van der Waals surface area contributed by atoms with Crippen molar-refractivity contribution in [3.05, 3.63) is 47.5 Å². The molecule has 6 heteroatoms. The van der Waals surface area contributed by atoms with Crippen molar-refractivity contribution in [2.45, 2.75) is 4.90 Å². The van der Waals surface area contributed by atoms with Gasteiger partial charge in [-0.05, 0) is 42.5 Å². The van der Waals surface area contributed by atoms with Crippen LogP contribution in [0.25, 0.3) is 0 Å². The molecule has 2 rings (SSSR count). The van der Waals surface area contributed by atoms with Crippen molar-refractivity contribution >= 4 is 35.0 Å². The van der Waals surface area contributed by atoms with Crippen LogP contribution in [0.5, 0.6) is 11.5 Å². The lowest BCUT2D eigenvalue weighted by atomic mass is 10.3. The number of hydrogen-bond acceptors (Lipinski definition) is 4. The van der Waals surface area contributed by atoms with Gasteiger partial charge in [0.25, 0.3) is 0 Å². The van der Waals surface area contributed by atoms with E-state index in [2.05, 4.69) is 5.32 Å². The summed E-state index contributed by atoms with van der Waals surface area (Å²) in [7, 11) is 0. The first kappa shape index (κ1) is 14.6. The molecule has 0 fully saturated rings. The molecule has 0 aromatic heterocycles. The predicted octanol–water partition coefficient (Wildman–Crippen LogP) is 3.48. The molecule has 20 heavy (non-hydrogen) atoms. The molecular weight excluding hydrogens is 298 g/mol. The summed E-state index contributed by atoms with van der Waals surface area (Å²) in [6.07, 6.45) is 0. The van der Waals surface area contributed by atoms with E-state index in [-0.39, 0.29) is 28.8 Å². The number of thioether (sulfide) groups is 1. The molecule has 104 valence electrons. The van der Waals surface area contributed by atoms with E-state index in [1.165, 1.54) is 30.0 Å². The van der Waals surface area contributed by atoms with Gasteiger partial charge in [-0.3, -0.25) is 4.79 Å². The summed E-state index contributed by atoms with van der Waals surface area (Å²) >= 11 is 7.13. The molecule has 0 aliphatic rings. The molecule has 0 saturated carbocycles. The van der Waals surface area contributed by atoms with Crippen LogP contribution in [0, 0.1) is 0 Å². The zero-order valence-corrected chi connectivity index (χ0v) is 11.9. The van der Waals surface area contributed by atoms with Gasteiger partial charge in [-0.2, -0.15) is 0 Å². The molecule has 0 saturated heterocycles. The molecule has 0 bridgehead atoms. The lowest BCUT2D eigenvalue weighted by molar-refractivity contribution is -0.113. The number of nitrogens with one attached hydrogen (secondary N) is 1. The summed E-state index contributed by atoms with van der Waals surface area (Å²) in [4.78, 5) is 12.6. The second kappa shape index (κ2) is 6.54. The molecule has 0 atom stereocenters. The Morgan fingerprint density at radius 2 is 1.85 bits per heavy atom. The zero-order valence-electron chi connectivity index (χ0n) is 10.3. The fourth-order valence-electron chi connectivity index (χ4n) is 1.49. The highest BCUT2D eigenvalue weighted by atomic mass is 35.5. The molecular formula is C14H12ClNO3S. The highest BCUT2D eigenvalue weighted by Gasteiger charge is 2.07. The molecule has 4 nitrogen and oxygen atoms in total. The summed E-state index contributed by atoms with van der Waals surface area (Å²) in [5, 5.41) is 21.8. The molecule has 0 radical (unpaired) electrons. The van der Waals surface area contributed by atoms with Crippen LogP contribution < -0.4 is 5.32 Å². The van der Waals surface area contributed by atoms with Crippen molar-refractivity contribution in [3.63, 3.8) is 0 Å². The summed E-state index contributed by atoms with van der Waals surface area (Å²) in [5.41, 5.74) is 0.286. The Labute approximate surface area is 125 Å². The lowest BCUT2D eigenvalue weighted by Gasteiger charge is -2.07. The normalized spacial score (nSPS) is 10.2. The van der Waals surface area contributed by atoms with Gasteiger partial charge in [0.2, 0.25) is 5.91 Å². The zero-order chi connectivity index (χ0) is 14.5. The maximum Gasteiger partial charge on any atom is 0.234 e. The number of phenolic OH excluding ortho intramolecular Hbond substituents is 2. The lowest BCUT2D eigenvalue weighted by Crippen LogP contribution is -2.14. The van der Waals surface area contributed by atoms with Gasteiger partial charge in [-0.25, -0.2) is 0 Å². The highest BCUT2D eigenvalue weighted by Crippen LogP contribution is 2.27. The van der Waals surface area contributed by atoms with Crippen molar-refractivity contribution < 1.29 is 15.0 Å². The first-order valence-electron chi connectivity index (χ1n) is 5.75. The van der Waals surface area contributed by atoms with Crippen LogP contribution in [0.2, 0.25) is 5.02 Å². The number of halogens is 1. The van der Waals surface area contributed by atoms with Gasteiger partial charge in [0.15, 0.2) is 0 Å². The number of carbonyl (C=O) groups is 1. The van der Waals surface area contributed by atoms with Crippen LogP contribution in [-0.2, 0) is 4.79 Å². The Balaban J connectivity index is 1.92. The first-order chi connectivity index (χ1) is 9.54. The average molecular weight is 310 g/mol. The van der Waals surface area contributed by atoms with Crippen LogP contribution in [0.15, 0.2) is 47.4 Å². The summed E-state index contributed by atoms with van der Waals surface area (Å²) < 4.78 is 0. The molecule has 0 spiro atoms. The van der Waals surface area contributed by atoms with E-state index in [0.717, 1.165) is 4.90 Å². The number of anilines is 1. The average Bonchev–Trinajstić information content (AvgIpc) is 2.42. The van der Waals surface area contributed by atoms with Crippen LogP contribution >= 0.6 is 23.4 Å². The summed E-state index contributed by atoms with van der Waals surface area (Å²) in [6.45, 7) is 0. The minimum Gasteiger partial charge on any atom is -0.508 e. The maximum absolute atomic E-state index is 11.8. The fraction of sp³-hybridized carbons (Fsp3) is 0.0714. The third-order valence-corrected chi connectivity index (χ3v) is 3.69. The molecule has 2 aromatic rings. The van der Waals surface area contributed by atoms with Gasteiger partial charge in [0, 0.05) is 9.92 Å². The van der Waals surface area contributed by atoms with E-state index in [1.54, 1.807) is 24.3 Å². The van der Waals surface area contributed by atoms with Crippen LogP contribution in [0.4, 0.5) is 5.69 Å². The van der Waals surface area contributed by atoms with Crippen LogP contribution in [0.3, 0.4) is 0 Å². The summed E-state index contributed by atoms with van der Waals surface area (Å²) in [5.74, 6) is 0.0946. The largest absolute Gasteiger partial charge is 0.508 e. The number of amides is 1. The molecule has 0 aliphatic heterocycles. The van der Waals surface area contributed by atoms with Gasteiger partial charge in [0.05, 0.1) is 11.4 Å². The third kappa shape index (κ3) is 4.08. The van der Waals surface area contributed by atoms with Gasteiger partial charge < -0.3 is 15.5 Å². The molecule has 0 heterocycles. The van der Waals surface area contributed by atoms with E-state index in [1.807, 2.05) is 0 Å². The van der Waals surface area contributed by atoms with Gasteiger partial charge in [0.1, 0.15) is 11.5 Å². The third-order valence-electron chi connectivity index (χ3n) is 2.44. The highest BCUT2D eigenvalue weighted by molar-refractivity contribution is 8.00. The number of carbonyl (C=O) groups excluding carboxylic acids is 1. The number of benzene rings is 2. The Morgan fingerprint density at radius 3 is 2.55 bits per heavy atom. The van der Waals surface area contributed by atoms with Gasteiger partial charge in [-0.15, -0.1) is 11.8 Å². The fourth-order valence-corrected chi connectivity index (χ4v) is 2.36. The Hall–Kier alpha value is -1.85. The van der Waals surface area contributed by atoms with E-state index in [9.17, 15) is 9.90 Å². The minimum atomic E-state index is -0.249. The quantitative estimate of drug-likeness (QED) is 0.597. The molecule has 1 amide bonds.